The van der Waals surface area contributed by atoms with Crippen molar-refractivity contribution in [3.63, 3.8) is 0 Å². The molecular formula is C33H29F2N5O5. The van der Waals surface area contributed by atoms with Crippen molar-refractivity contribution in [2.45, 2.75) is 6.92 Å². The Morgan fingerprint density at radius 1 is 1.04 bits per heavy atom. The largest absolute Gasteiger partial charge is 0.476 e. The molecule has 4 heterocycles. The molecule has 0 spiro atoms. The van der Waals surface area contributed by atoms with Crippen LogP contribution in [0.5, 0.6) is 17.4 Å². The van der Waals surface area contributed by atoms with Crippen LogP contribution in [-0.2, 0) is 4.74 Å². The fourth-order valence-corrected chi connectivity index (χ4v) is 5.01. The number of aryl methyl sites for hydroxylation is 1. The summed E-state index contributed by atoms with van der Waals surface area (Å²) in [6.45, 7) is 6.25. The molecule has 0 bridgehead atoms. The van der Waals surface area contributed by atoms with Crippen LogP contribution in [0.25, 0.3) is 22.0 Å². The fraction of sp³-hybridized carbons (Fsp3) is 0.212. The predicted molar refractivity (Wildman–Crippen MR) is 164 cm³/mol. The highest BCUT2D eigenvalue weighted by molar-refractivity contribution is 6.04. The molecule has 1 aliphatic heterocycles. The number of morpholine rings is 1. The number of nitrogens with one attached hydrogen (secondary N) is 2. The Morgan fingerprint density at radius 3 is 2.62 bits per heavy atom. The Hall–Kier alpha value is -5.20. The standard InChI is InChI=1S/C33H29F2N5O5/c1-20-30-25(19-38-33(20)44-15-12-40-10-13-43-14-11-40)28(8-9-37-30)45-29-7-6-23(16-27(29)35)39-32(42)26-18-36-17-24(31(26)41)21-2-4-22(34)5-3-21/h2-9,16-19H,10-15H2,1H3,(H,36,41)(H,39,42). The second-order valence-corrected chi connectivity index (χ2v) is 10.4. The quantitative estimate of drug-likeness (QED) is 0.229. The molecule has 0 unspecified atom stereocenters. The lowest BCUT2D eigenvalue weighted by Gasteiger charge is -2.26. The maximum absolute atomic E-state index is 15.2. The molecule has 2 N–H and O–H groups in total. The molecule has 0 aliphatic carbocycles. The highest BCUT2D eigenvalue weighted by Gasteiger charge is 2.18. The summed E-state index contributed by atoms with van der Waals surface area (Å²) in [5.74, 6) is -1.20. The molecule has 1 amide bonds. The molecule has 0 atom stereocenters. The van der Waals surface area contributed by atoms with E-state index in [9.17, 15) is 14.0 Å². The zero-order valence-electron chi connectivity index (χ0n) is 24.3. The Kier molecular flexibility index (Phi) is 8.76. The van der Waals surface area contributed by atoms with E-state index in [1.807, 2.05) is 6.92 Å². The molecule has 3 aromatic heterocycles. The van der Waals surface area contributed by atoms with Crippen LogP contribution < -0.4 is 20.2 Å². The van der Waals surface area contributed by atoms with Gasteiger partial charge in [0.1, 0.15) is 23.7 Å². The number of anilines is 1. The number of hydrogen-bond acceptors (Lipinski definition) is 8. The molecule has 45 heavy (non-hydrogen) atoms. The Labute approximate surface area is 256 Å². The monoisotopic (exact) mass is 613 g/mol. The number of ether oxygens (including phenoxy) is 3. The van der Waals surface area contributed by atoms with Crippen molar-refractivity contribution in [3.8, 4) is 28.5 Å². The Bertz CT molecular complexity index is 1910. The summed E-state index contributed by atoms with van der Waals surface area (Å²) in [7, 11) is 0. The first kappa shape index (κ1) is 29.9. The van der Waals surface area contributed by atoms with Gasteiger partial charge in [-0.2, -0.15) is 0 Å². The highest BCUT2D eigenvalue weighted by atomic mass is 19.1. The number of carbonyl (C=O) groups is 1. The van der Waals surface area contributed by atoms with Crippen molar-refractivity contribution in [3.05, 3.63) is 106 Å². The van der Waals surface area contributed by atoms with Gasteiger partial charge < -0.3 is 24.5 Å². The van der Waals surface area contributed by atoms with Crippen LogP contribution in [-0.4, -0.2) is 65.2 Å². The molecule has 2 aromatic carbocycles. The normalized spacial score (nSPS) is 13.5. The molecule has 1 fully saturated rings. The van der Waals surface area contributed by atoms with Gasteiger partial charge >= 0.3 is 0 Å². The van der Waals surface area contributed by atoms with Crippen LogP contribution >= 0.6 is 0 Å². The zero-order chi connectivity index (χ0) is 31.3. The van der Waals surface area contributed by atoms with E-state index in [-0.39, 0.29) is 22.6 Å². The topological polar surface area (TPSA) is 119 Å². The second-order valence-electron chi connectivity index (χ2n) is 10.4. The van der Waals surface area contributed by atoms with Gasteiger partial charge in [0.2, 0.25) is 11.3 Å². The van der Waals surface area contributed by atoms with Crippen LogP contribution in [0.15, 0.2) is 78.1 Å². The van der Waals surface area contributed by atoms with Gasteiger partial charge in [0.05, 0.1) is 24.1 Å². The molecule has 10 nitrogen and oxygen atoms in total. The van der Waals surface area contributed by atoms with Crippen molar-refractivity contribution in [2.75, 3.05) is 44.8 Å². The van der Waals surface area contributed by atoms with Crippen molar-refractivity contribution in [1.82, 2.24) is 19.9 Å². The third-order valence-electron chi connectivity index (χ3n) is 7.44. The van der Waals surface area contributed by atoms with Gasteiger partial charge in [-0.15, -0.1) is 0 Å². The minimum absolute atomic E-state index is 0.0832. The average Bonchev–Trinajstić information content (AvgIpc) is 3.05. The number of pyridine rings is 3. The summed E-state index contributed by atoms with van der Waals surface area (Å²) in [4.78, 5) is 39.9. The van der Waals surface area contributed by atoms with E-state index < -0.39 is 23.0 Å². The number of fused-ring (bicyclic) bond motifs is 1. The van der Waals surface area contributed by atoms with Gasteiger partial charge in [-0.25, -0.2) is 13.8 Å². The van der Waals surface area contributed by atoms with E-state index in [1.165, 1.54) is 48.8 Å². The molecule has 230 valence electrons. The van der Waals surface area contributed by atoms with Gasteiger partial charge in [-0.05, 0) is 42.8 Å². The molecule has 1 aliphatic rings. The maximum atomic E-state index is 15.2. The number of rotatable bonds is 9. The zero-order valence-corrected chi connectivity index (χ0v) is 24.3. The molecule has 0 radical (unpaired) electrons. The number of hydrogen-bond donors (Lipinski definition) is 2. The molecule has 6 rings (SSSR count). The number of halogens is 2. The summed E-state index contributed by atoms with van der Waals surface area (Å²) in [5.41, 5.74) is 1.36. The number of aromatic amines is 1. The first-order valence-corrected chi connectivity index (χ1v) is 14.3. The van der Waals surface area contributed by atoms with E-state index in [1.54, 1.807) is 18.5 Å². The Morgan fingerprint density at radius 2 is 1.84 bits per heavy atom. The van der Waals surface area contributed by atoms with Crippen molar-refractivity contribution in [1.29, 1.82) is 0 Å². The smallest absolute Gasteiger partial charge is 0.261 e. The molecule has 5 aromatic rings. The third-order valence-corrected chi connectivity index (χ3v) is 7.44. The average molecular weight is 614 g/mol. The Balaban J connectivity index is 1.15. The van der Waals surface area contributed by atoms with E-state index in [4.69, 9.17) is 14.2 Å². The highest BCUT2D eigenvalue weighted by Crippen LogP contribution is 2.34. The predicted octanol–water partition coefficient (Wildman–Crippen LogP) is 5.33. The minimum atomic E-state index is -0.738. The number of H-pyrrole nitrogens is 1. The van der Waals surface area contributed by atoms with E-state index in [0.29, 0.717) is 47.9 Å². The number of aromatic nitrogens is 3. The summed E-state index contributed by atoms with van der Waals surface area (Å²) in [5, 5.41) is 3.12. The van der Waals surface area contributed by atoms with Gasteiger partial charge in [0.15, 0.2) is 11.6 Å². The lowest BCUT2D eigenvalue weighted by atomic mass is 10.0. The molecular weight excluding hydrogens is 584 g/mol. The number of amides is 1. The SMILES string of the molecule is Cc1c(OCCN2CCOCC2)ncc2c(Oc3ccc(NC(=O)c4c[nH]cc(-c5ccc(F)cc5)c4=O)cc3F)ccnc12. The second kappa shape index (κ2) is 13.2. The lowest BCUT2D eigenvalue weighted by molar-refractivity contribution is 0.0319. The minimum Gasteiger partial charge on any atom is -0.476 e. The maximum Gasteiger partial charge on any atom is 0.261 e. The first-order valence-electron chi connectivity index (χ1n) is 14.3. The third kappa shape index (κ3) is 6.66. The van der Waals surface area contributed by atoms with Crippen molar-refractivity contribution >= 4 is 22.5 Å². The number of nitrogens with zero attached hydrogens (tertiary/aromatic N) is 3. The van der Waals surface area contributed by atoms with Gasteiger partial charge in [-0.1, -0.05) is 12.1 Å². The van der Waals surface area contributed by atoms with Gasteiger partial charge in [-0.3, -0.25) is 19.5 Å². The fourth-order valence-electron chi connectivity index (χ4n) is 5.01. The van der Waals surface area contributed by atoms with Crippen LogP contribution in [0.4, 0.5) is 14.5 Å². The van der Waals surface area contributed by atoms with Crippen LogP contribution in [0.2, 0.25) is 0 Å². The molecule has 1 saturated heterocycles. The first-order chi connectivity index (χ1) is 21.9. The number of carbonyl (C=O) groups excluding carboxylic acids is 1. The lowest BCUT2D eigenvalue weighted by Crippen LogP contribution is -2.38. The summed E-state index contributed by atoms with van der Waals surface area (Å²) in [6, 6.07) is 10.9. The number of benzene rings is 2. The van der Waals surface area contributed by atoms with Crippen LogP contribution in [0.1, 0.15) is 15.9 Å². The van der Waals surface area contributed by atoms with Gasteiger partial charge in [0.25, 0.3) is 5.91 Å². The van der Waals surface area contributed by atoms with E-state index in [2.05, 4.69) is 25.2 Å². The van der Waals surface area contributed by atoms with Crippen molar-refractivity contribution in [2.24, 2.45) is 0 Å². The van der Waals surface area contributed by atoms with Gasteiger partial charge in [0, 0.05) is 67.3 Å². The summed E-state index contributed by atoms with van der Waals surface area (Å²) >= 11 is 0. The summed E-state index contributed by atoms with van der Waals surface area (Å²) in [6.07, 6.45) is 5.83. The molecule has 0 saturated carbocycles. The van der Waals surface area contributed by atoms with Crippen LogP contribution in [0.3, 0.4) is 0 Å². The van der Waals surface area contributed by atoms with E-state index in [0.717, 1.165) is 31.3 Å². The molecule has 12 heteroatoms. The van der Waals surface area contributed by atoms with E-state index >= 15 is 4.39 Å². The summed E-state index contributed by atoms with van der Waals surface area (Å²) < 4.78 is 45.7. The van der Waals surface area contributed by atoms with Crippen molar-refractivity contribution < 1.29 is 27.8 Å². The van der Waals surface area contributed by atoms with Crippen LogP contribution in [0, 0.1) is 18.6 Å².